The molecule has 2 N–H and O–H groups in total. The molecule has 92 valence electrons. The van der Waals surface area contributed by atoms with Crippen molar-refractivity contribution in [3.63, 3.8) is 0 Å². The molecule has 2 heterocycles. The molecule has 0 aliphatic heterocycles. The third-order valence-corrected chi connectivity index (χ3v) is 2.96. The lowest BCUT2D eigenvalue weighted by atomic mass is 10.3. The average molecular weight is 261 g/mol. The van der Waals surface area contributed by atoms with E-state index in [-0.39, 0.29) is 12.5 Å². The molecule has 0 aromatic carbocycles. The van der Waals surface area contributed by atoms with E-state index in [4.69, 9.17) is 5.11 Å². The summed E-state index contributed by atoms with van der Waals surface area (Å²) in [5.74, 6) is 5.10. The lowest BCUT2D eigenvalue weighted by Gasteiger charge is -1.98. The van der Waals surface area contributed by atoms with Crippen LogP contribution in [0.3, 0.4) is 0 Å². The van der Waals surface area contributed by atoms with Crippen LogP contribution < -0.4 is 5.32 Å². The van der Waals surface area contributed by atoms with E-state index in [0.717, 1.165) is 4.88 Å². The maximum Gasteiger partial charge on any atom is 0.256 e. The summed E-state index contributed by atoms with van der Waals surface area (Å²) in [7, 11) is 1.78. The Morgan fingerprint density at radius 2 is 2.50 bits per heavy atom. The Bertz CT molecular complexity index is 619. The summed E-state index contributed by atoms with van der Waals surface area (Å²) in [5.41, 5.74) is 1.20. The second-order valence-corrected chi connectivity index (χ2v) is 4.43. The molecular formula is C12H11N3O2S. The van der Waals surface area contributed by atoms with Gasteiger partial charge in [0.25, 0.3) is 5.91 Å². The molecule has 5 nitrogen and oxygen atoms in total. The highest BCUT2D eigenvalue weighted by Crippen LogP contribution is 2.15. The lowest BCUT2D eigenvalue weighted by Crippen LogP contribution is -2.10. The van der Waals surface area contributed by atoms with Gasteiger partial charge in [0.15, 0.2) is 0 Å². The van der Waals surface area contributed by atoms with Gasteiger partial charge in [0.05, 0.1) is 22.3 Å². The smallest absolute Gasteiger partial charge is 0.256 e. The molecule has 0 unspecified atom stereocenters. The highest BCUT2D eigenvalue weighted by molar-refractivity contribution is 7.10. The molecule has 2 rings (SSSR count). The van der Waals surface area contributed by atoms with Gasteiger partial charge >= 0.3 is 0 Å². The van der Waals surface area contributed by atoms with Crippen LogP contribution in [0.15, 0.2) is 23.8 Å². The fourth-order valence-electron chi connectivity index (χ4n) is 1.34. The number of aliphatic hydroxyl groups excluding tert-OH is 1. The predicted octanol–water partition coefficient (Wildman–Crippen LogP) is 1.08. The first-order chi connectivity index (χ1) is 8.69. The Kier molecular flexibility index (Phi) is 3.77. The SMILES string of the molecule is Cn1cc(NC(=O)c2csc(C#CCO)c2)cn1. The molecule has 0 fully saturated rings. The van der Waals surface area contributed by atoms with E-state index in [9.17, 15) is 4.79 Å². The highest BCUT2D eigenvalue weighted by atomic mass is 32.1. The van der Waals surface area contributed by atoms with E-state index in [0.29, 0.717) is 11.3 Å². The summed E-state index contributed by atoms with van der Waals surface area (Å²) in [6, 6.07) is 1.69. The number of hydrogen-bond acceptors (Lipinski definition) is 4. The molecule has 0 bridgehead atoms. The summed E-state index contributed by atoms with van der Waals surface area (Å²) >= 11 is 1.37. The van der Waals surface area contributed by atoms with Crippen LogP contribution in [0.25, 0.3) is 0 Å². The Balaban J connectivity index is 2.07. The van der Waals surface area contributed by atoms with Crippen molar-refractivity contribution < 1.29 is 9.90 Å². The monoisotopic (exact) mass is 261 g/mol. The zero-order valence-electron chi connectivity index (χ0n) is 9.67. The third-order valence-electron chi connectivity index (χ3n) is 2.12. The van der Waals surface area contributed by atoms with Gasteiger partial charge in [-0.15, -0.1) is 11.3 Å². The fraction of sp³-hybridized carbons (Fsp3) is 0.167. The van der Waals surface area contributed by atoms with Gasteiger partial charge in [-0.25, -0.2) is 0 Å². The first kappa shape index (κ1) is 12.4. The zero-order valence-corrected chi connectivity index (χ0v) is 10.5. The number of hydrogen-bond donors (Lipinski definition) is 2. The van der Waals surface area contributed by atoms with Gasteiger partial charge in [-0.1, -0.05) is 11.8 Å². The van der Waals surface area contributed by atoms with Crippen molar-refractivity contribution in [1.82, 2.24) is 9.78 Å². The van der Waals surface area contributed by atoms with E-state index in [1.807, 2.05) is 0 Å². The number of aliphatic hydroxyl groups is 1. The minimum atomic E-state index is -0.198. The Morgan fingerprint density at radius 1 is 1.67 bits per heavy atom. The van der Waals surface area contributed by atoms with Crippen molar-refractivity contribution in [2.45, 2.75) is 0 Å². The van der Waals surface area contributed by atoms with E-state index >= 15 is 0 Å². The van der Waals surface area contributed by atoms with Crippen molar-refractivity contribution in [3.05, 3.63) is 34.3 Å². The van der Waals surface area contributed by atoms with Crippen LogP contribution in [-0.2, 0) is 7.05 Å². The number of thiophene rings is 1. The Hall–Kier alpha value is -2.10. The number of anilines is 1. The van der Waals surface area contributed by atoms with E-state index in [1.165, 1.54) is 11.3 Å². The maximum absolute atomic E-state index is 11.9. The van der Waals surface area contributed by atoms with Crippen LogP contribution in [0.2, 0.25) is 0 Å². The van der Waals surface area contributed by atoms with E-state index < -0.39 is 0 Å². The fourth-order valence-corrected chi connectivity index (χ4v) is 2.09. The van der Waals surface area contributed by atoms with Gasteiger partial charge in [-0.05, 0) is 6.07 Å². The van der Waals surface area contributed by atoms with Crippen LogP contribution in [-0.4, -0.2) is 27.4 Å². The molecular weight excluding hydrogens is 250 g/mol. The number of aryl methyl sites for hydroxylation is 1. The van der Waals surface area contributed by atoms with Crippen LogP contribution in [0.4, 0.5) is 5.69 Å². The number of aromatic nitrogens is 2. The summed E-state index contributed by atoms with van der Waals surface area (Å²) in [6.07, 6.45) is 3.30. The van der Waals surface area contributed by atoms with Crippen molar-refractivity contribution in [3.8, 4) is 11.8 Å². The number of carbonyl (C=O) groups is 1. The van der Waals surface area contributed by atoms with Gasteiger partial charge in [-0.2, -0.15) is 5.10 Å². The number of nitrogens with one attached hydrogen (secondary N) is 1. The van der Waals surface area contributed by atoms with Crippen molar-refractivity contribution in [2.24, 2.45) is 7.05 Å². The average Bonchev–Trinajstić information content (AvgIpc) is 2.96. The first-order valence-corrected chi connectivity index (χ1v) is 6.05. The summed E-state index contributed by atoms with van der Waals surface area (Å²) in [4.78, 5) is 12.6. The molecule has 0 saturated carbocycles. The van der Waals surface area contributed by atoms with Crippen molar-refractivity contribution in [2.75, 3.05) is 11.9 Å². The van der Waals surface area contributed by atoms with Gasteiger partial charge in [0, 0.05) is 18.6 Å². The molecule has 18 heavy (non-hydrogen) atoms. The lowest BCUT2D eigenvalue weighted by molar-refractivity contribution is 0.102. The summed E-state index contributed by atoms with van der Waals surface area (Å²) in [5, 5.41) is 17.0. The molecule has 0 radical (unpaired) electrons. The Morgan fingerprint density at radius 3 is 3.17 bits per heavy atom. The third kappa shape index (κ3) is 2.97. The van der Waals surface area contributed by atoms with Gasteiger partial charge in [0.2, 0.25) is 0 Å². The van der Waals surface area contributed by atoms with Crippen LogP contribution in [0.1, 0.15) is 15.2 Å². The van der Waals surface area contributed by atoms with Gasteiger partial charge in [-0.3, -0.25) is 9.48 Å². The van der Waals surface area contributed by atoms with Crippen molar-refractivity contribution in [1.29, 1.82) is 0 Å². The molecule has 0 atom stereocenters. The molecule has 6 heteroatoms. The maximum atomic E-state index is 11.9. The topological polar surface area (TPSA) is 67.2 Å². The molecule has 2 aromatic heterocycles. The number of nitrogens with zero attached hydrogens (tertiary/aromatic N) is 2. The largest absolute Gasteiger partial charge is 0.384 e. The highest BCUT2D eigenvalue weighted by Gasteiger charge is 2.09. The Labute approximate surface area is 108 Å². The number of carbonyl (C=O) groups excluding carboxylic acids is 1. The molecule has 0 spiro atoms. The minimum absolute atomic E-state index is 0.185. The molecule has 2 aromatic rings. The number of rotatable bonds is 2. The van der Waals surface area contributed by atoms with E-state index in [2.05, 4.69) is 22.3 Å². The molecule has 1 amide bonds. The van der Waals surface area contributed by atoms with Gasteiger partial charge < -0.3 is 10.4 Å². The second kappa shape index (κ2) is 5.49. The minimum Gasteiger partial charge on any atom is -0.384 e. The standard InChI is InChI=1S/C12H11N3O2S/c1-15-7-10(6-13-15)14-12(17)9-5-11(18-8-9)3-2-4-16/h5-8,16H,4H2,1H3,(H,14,17). The number of amides is 1. The van der Waals surface area contributed by atoms with Gasteiger partial charge in [0.1, 0.15) is 6.61 Å². The summed E-state index contributed by atoms with van der Waals surface area (Å²) in [6.45, 7) is -0.185. The zero-order chi connectivity index (χ0) is 13.0. The molecule has 0 aliphatic rings. The van der Waals surface area contributed by atoms with Crippen LogP contribution >= 0.6 is 11.3 Å². The first-order valence-electron chi connectivity index (χ1n) is 5.17. The van der Waals surface area contributed by atoms with E-state index in [1.54, 1.807) is 35.6 Å². The normalized spacial score (nSPS) is 9.67. The molecule has 0 saturated heterocycles. The quantitative estimate of drug-likeness (QED) is 0.795. The molecule has 0 aliphatic carbocycles. The van der Waals surface area contributed by atoms with Crippen LogP contribution in [0.5, 0.6) is 0 Å². The predicted molar refractivity (Wildman–Crippen MR) is 69.4 cm³/mol. The van der Waals surface area contributed by atoms with Crippen LogP contribution in [0, 0.1) is 11.8 Å². The summed E-state index contributed by atoms with van der Waals surface area (Å²) < 4.78 is 1.61. The second-order valence-electron chi connectivity index (χ2n) is 3.52. The van der Waals surface area contributed by atoms with Crippen molar-refractivity contribution >= 4 is 22.9 Å².